The van der Waals surface area contributed by atoms with Gasteiger partial charge < -0.3 is 19.7 Å². The number of nitrogens with zero attached hydrogens (tertiary/aromatic N) is 1. The monoisotopic (exact) mass is 356 g/mol. The van der Waals surface area contributed by atoms with Crippen LogP contribution in [0.5, 0.6) is 0 Å². The number of methoxy groups -OCH3 is 1. The smallest absolute Gasteiger partial charge is 0.0801 e. The second-order valence-corrected chi connectivity index (χ2v) is 6.89. The molecule has 4 nitrogen and oxygen atoms in total. The number of anilines is 1. The van der Waals surface area contributed by atoms with Gasteiger partial charge in [0, 0.05) is 43.4 Å². The number of ether oxygens (including phenoxy) is 2. The largest absolute Gasteiger partial charge is 0.383 e. The van der Waals surface area contributed by atoms with E-state index in [1.165, 1.54) is 11.3 Å². The molecule has 0 radical (unpaired) electrons. The molecule has 1 fully saturated rings. The highest BCUT2D eigenvalue weighted by Gasteiger charge is 2.28. The zero-order chi connectivity index (χ0) is 15.3. The summed E-state index contributed by atoms with van der Waals surface area (Å²) in [5.41, 5.74) is 2.50. The van der Waals surface area contributed by atoms with Crippen molar-refractivity contribution in [1.29, 1.82) is 0 Å². The lowest BCUT2D eigenvalue weighted by Gasteiger charge is -2.40. The van der Waals surface area contributed by atoms with Gasteiger partial charge in [0.2, 0.25) is 0 Å². The number of hydrogen-bond acceptors (Lipinski definition) is 4. The summed E-state index contributed by atoms with van der Waals surface area (Å²) in [6.07, 6.45) is 0. The van der Waals surface area contributed by atoms with Crippen LogP contribution in [0, 0.1) is 0 Å². The van der Waals surface area contributed by atoms with Crippen LogP contribution in [0.4, 0.5) is 5.69 Å². The molecule has 0 spiro atoms. The van der Waals surface area contributed by atoms with Gasteiger partial charge in [0.15, 0.2) is 0 Å². The van der Waals surface area contributed by atoms with Gasteiger partial charge >= 0.3 is 0 Å². The molecule has 2 rings (SSSR count). The van der Waals surface area contributed by atoms with Crippen LogP contribution in [0.25, 0.3) is 0 Å². The molecule has 0 amide bonds. The fraction of sp³-hybridized carbons (Fsp3) is 0.625. The highest BCUT2D eigenvalue weighted by atomic mass is 79.9. The van der Waals surface area contributed by atoms with Gasteiger partial charge in [-0.05, 0) is 37.6 Å². The Kier molecular flexibility index (Phi) is 6.05. The van der Waals surface area contributed by atoms with Crippen molar-refractivity contribution < 1.29 is 9.47 Å². The van der Waals surface area contributed by atoms with E-state index in [0.717, 1.165) is 43.9 Å². The minimum Gasteiger partial charge on any atom is -0.383 e. The fourth-order valence-corrected chi connectivity index (χ4v) is 3.03. The molecule has 1 saturated heterocycles. The number of benzene rings is 1. The topological polar surface area (TPSA) is 33.7 Å². The molecule has 0 bridgehead atoms. The Hall–Kier alpha value is -0.620. The summed E-state index contributed by atoms with van der Waals surface area (Å²) in [4.78, 5) is 2.42. The third-order valence-electron chi connectivity index (χ3n) is 3.61. The molecule has 1 heterocycles. The molecule has 1 aliphatic rings. The van der Waals surface area contributed by atoms with Gasteiger partial charge in [0.1, 0.15) is 0 Å². The Balaban J connectivity index is 2.10. The van der Waals surface area contributed by atoms with Crippen molar-refractivity contribution in [1.82, 2.24) is 5.32 Å². The summed E-state index contributed by atoms with van der Waals surface area (Å²) >= 11 is 3.57. The van der Waals surface area contributed by atoms with Crippen LogP contribution in [0.15, 0.2) is 22.7 Å². The van der Waals surface area contributed by atoms with Crippen molar-refractivity contribution in [3.63, 3.8) is 0 Å². The molecule has 0 aromatic heterocycles. The maximum absolute atomic E-state index is 5.81. The first-order valence-electron chi connectivity index (χ1n) is 7.39. The van der Waals surface area contributed by atoms with E-state index < -0.39 is 0 Å². The van der Waals surface area contributed by atoms with Gasteiger partial charge in [0.25, 0.3) is 0 Å². The Morgan fingerprint density at radius 2 is 2.24 bits per heavy atom. The van der Waals surface area contributed by atoms with Gasteiger partial charge in [-0.15, -0.1) is 0 Å². The molecule has 0 aliphatic carbocycles. The lowest BCUT2D eigenvalue weighted by Crippen LogP contribution is -2.48. The Morgan fingerprint density at radius 3 is 2.95 bits per heavy atom. The standard InChI is InChI=1S/C16H25BrN2O2/c1-16(2)12-19(7-9-21-16)15-5-4-14(17)10-13(15)11-18-6-8-20-3/h4-5,10,18H,6-9,11-12H2,1-3H3. The Morgan fingerprint density at radius 1 is 1.43 bits per heavy atom. The van der Waals surface area contributed by atoms with E-state index in [-0.39, 0.29) is 5.60 Å². The van der Waals surface area contributed by atoms with Crippen molar-refractivity contribution in [3.05, 3.63) is 28.2 Å². The number of hydrogen-bond donors (Lipinski definition) is 1. The van der Waals surface area contributed by atoms with Crippen LogP contribution >= 0.6 is 15.9 Å². The van der Waals surface area contributed by atoms with E-state index in [4.69, 9.17) is 9.47 Å². The Labute approximate surface area is 135 Å². The molecule has 1 aromatic carbocycles. The average molecular weight is 357 g/mol. The molecule has 118 valence electrons. The summed E-state index contributed by atoms with van der Waals surface area (Å²) in [7, 11) is 1.72. The maximum atomic E-state index is 5.81. The van der Waals surface area contributed by atoms with Gasteiger partial charge in [-0.3, -0.25) is 0 Å². The minimum atomic E-state index is -0.0912. The second kappa shape index (κ2) is 7.58. The molecule has 1 N–H and O–H groups in total. The predicted molar refractivity (Wildman–Crippen MR) is 90.0 cm³/mol. The van der Waals surface area contributed by atoms with Crippen molar-refractivity contribution in [2.75, 3.05) is 44.9 Å². The predicted octanol–water partition coefficient (Wildman–Crippen LogP) is 2.80. The van der Waals surface area contributed by atoms with Crippen molar-refractivity contribution >= 4 is 21.6 Å². The normalized spacial score (nSPS) is 18.0. The van der Waals surface area contributed by atoms with E-state index in [1.807, 2.05) is 0 Å². The van der Waals surface area contributed by atoms with Gasteiger partial charge in [-0.25, -0.2) is 0 Å². The SMILES string of the molecule is COCCNCc1cc(Br)ccc1N1CCOC(C)(C)C1. The zero-order valence-corrected chi connectivity index (χ0v) is 14.7. The van der Waals surface area contributed by atoms with Crippen molar-refractivity contribution in [3.8, 4) is 0 Å². The third kappa shape index (κ3) is 4.95. The quantitative estimate of drug-likeness (QED) is 0.794. The van der Waals surface area contributed by atoms with Crippen LogP contribution < -0.4 is 10.2 Å². The van der Waals surface area contributed by atoms with Crippen LogP contribution in [0.3, 0.4) is 0 Å². The fourth-order valence-electron chi connectivity index (χ4n) is 2.62. The summed E-state index contributed by atoms with van der Waals surface area (Å²) in [6.45, 7) is 9.36. The van der Waals surface area contributed by atoms with E-state index in [0.29, 0.717) is 0 Å². The van der Waals surface area contributed by atoms with E-state index in [1.54, 1.807) is 7.11 Å². The molecule has 1 aromatic rings. The summed E-state index contributed by atoms with van der Waals surface area (Å²) in [5, 5.41) is 3.43. The maximum Gasteiger partial charge on any atom is 0.0801 e. The third-order valence-corrected chi connectivity index (χ3v) is 4.10. The van der Waals surface area contributed by atoms with Crippen LogP contribution in [0.2, 0.25) is 0 Å². The second-order valence-electron chi connectivity index (χ2n) is 5.97. The Bertz CT molecular complexity index is 466. The minimum absolute atomic E-state index is 0.0912. The summed E-state index contributed by atoms with van der Waals surface area (Å²) in [6, 6.07) is 6.49. The molecule has 1 aliphatic heterocycles. The summed E-state index contributed by atoms with van der Waals surface area (Å²) < 4.78 is 12.0. The van der Waals surface area contributed by atoms with Crippen LogP contribution in [0.1, 0.15) is 19.4 Å². The number of morpholine rings is 1. The molecule has 0 saturated carbocycles. The molecule has 0 unspecified atom stereocenters. The van der Waals surface area contributed by atoms with Crippen molar-refractivity contribution in [2.24, 2.45) is 0 Å². The average Bonchev–Trinajstić information content (AvgIpc) is 2.42. The highest BCUT2D eigenvalue weighted by Crippen LogP contribution is 2.28. The van der Waals surface area contributed by atoms with E-state index in [9.17, 15) is 0 Å². The van der Waals surface area contributed by atoms with Gasteiger partial charge in [-0.2, -0.15) is 0 Å². The van der Waals surface area contributed by atoms with Gasteiger partial charge in [-0.1, -0.05) is 15.9 Å². The highest BCUT2D eigenvalue weighted by molar-refractivity contribution is 9.10. The van der Waals surface area contributed by atoms with Crippen LogP contribution in [-0.4, -0.2) is 45.6 Å². The molecular weight excluding hydrogens is 332 g/mol. The molecule has 5 heteroatoms. The first-order valence-corrected chi connectivity index (χ1v) is 8.18. The number of halogens is 1. The summed E-state index contributed by atoms with van der Waals surface area (Å²) in [5.74, 6) is 0. The van der Waals surface area contributed by atoms with Crippen molar-refractivity contribution in [2.45, 2.75) is 26.0 Å². The van der Waals surface area contributed by atoms with E-state index in [2.05, 4.69) is 58.2 Å². The lowest BCUT2D eigenvalue weighted by atomic mass is 10.0. The lowest BCUT2D eigenvalue weighted by molar-refractivity contribution is -0.0277. The molecule has 21 heavy (non-hydrogen) atoms. The van der Waals surface area contributed by atoms with Gasteiger partial charge in [0.05, 0.1) is 18.8 Å². The first kappa shape index (κ1) is 16.7. The first-order chi connectivity index (χ1) is 10.0. The van der Waals surface area contributed by atoms with E-state index >= 15 is 0 Å². The van der Waals surface area contributed by atoms with Crippen LogP contribution in [-0.2, 0) is 16.0 Å². The molecule has 0 atom stereocenters. The zero-order valence-electron chi connectivity index (χ0n) is 13.1. The number of rotatable bonds is 6. The molecular formula is C16H25BrN2O2. The number of nitrogens with one attached hydrogen (secondary N) is 1.